The number of nitrogens with two attached hydrogens (primary N) is 1. The minimum atomic E-state index is -1.00. The third kappa shape index (κ3) is 2.95. The third-order valence-corrected chi connectivity index (χ3v) is 5.02. The van der Waals surface area contributed by atoms with E-state index in [1.807, 2.05) is 6.26 Å². The van der Waals surface area contributed by atoms with Crippen molar-refractivity contribution in [1.82, 2.24) is 10.2 Å². The van der Waals surface area contributed by atoms with E-state index in [0.717, 1.165) is 4.34 Å². The molecule has 0 fully saturated rings. The summed E-state index contributed by atoms with van der Waals surface area (Å²) < 4.78 is 1.57. The van der Waals surface area contributed by atoms with E-state index in [4.69, 9.17) is 10.8 Å². The number of carbonyl (C=O) groups is 1. The van der Waals surface area contributed by atoms with Crippen molar-refractivity contribution in [3.63, 3.8) is 0 Å². The number of anilines is 1. The molecule has 8 heteroatoms. The Bertz CT molecular complexity index is 585. The second-order valence-corrected chi connectivity index (χ2v) is 6.52. The van der Waals surface area contributed by atoms with Crippen molar-refractivity contribution in [2.45, 2.75) is 13.6 Å². The molecule has 18 heavy (non-hydrogen) atoms. The molecule has 0 saturated carbocycles. The number of rotatable bonds is 4. The van der Waals surface area contributed by atoms with Gasteiger partial charge in [-0.1, -0.05) is 34.9 Å². The Morgan fingerprint density at radius 3 is 2.72 bits per heavy atom. The van der Waals surface area contributed by atoms with Gasteiger partial charge in [0.1, 0.15) is 0 Å². The Morgan fingerprint density at radius 1 is 1.39 bits per heavy atom. The monoisotopic (exact) mass is 299 g/mol. The molecule has 94 valence electrons. The van der Waals surface area contributed by atoms with Gasteiger partial charge in [-0.3, -0.25) is 0 Å². The summed E-state index contributed by atoms with van der Waals surface area (Å²) in [5.74, 6) is -1.00. The Labute approximate surface area is 116 Å². The zero-order chi connectivity index (χ0) is 13.1. The van der Waals surface area contributed by atoms with E-state index in [1.165, 1.54) is 40.9 Å². The van der Waals surface area contributed by atoms with Crippen LogP contribution in [-0.2, 0) is 0 Å². The maximum Gasteiger partial charge on any atom is 0.336 e. The minimum Gasteiger partial charge on any atom is -0.478 e. The van der Waals surface area contributed by atoms with E-state index in [1.54, 1.807) is 12.1 Å². The largest absolute Gasteiger partial charge is 0.478 e. The van der Waals surface area contributed by atoms with Crippen molar-refractivity contribution < 1.29 is 9.90 Å². The topological polar surface area (TPSA) is 89.1 Å². The van der Waals surface area contributed by atoms with Crippen molar-refractivity contribution in [2.24, 2.45) is 0 Å². The fourth-order valence-corrected chi connectivity index (χ4v) is 3.72. The highest BCUT2D eigenvalue weighted by Crippen LogP contribution is 2.35. The number of aromatic nitrogens is 2. The van der Waals surface area contributed by atoms with Crippen molar-refractivity contribution in [2.75, 3.05) is 12.0 Å². The fraction of sp³-hybridized carbons (Fsp3) is 0.100. The van der Waals surface area contributed by atoms with Gasteiger partial charge in [-0.2, -0.15) is 0 Å². The highest BCUT2D eigenvalue weighted by Gasteiger charge is 2.14. The Kier molecular flexibility index (Phi) is 4.10. The standard InChI is InChI=1S/C10H9N3O2S3/c1-16-9-12-13-10(18-9)17-7-3-2-5(11)4-6(7)8(14)15/h2-4H,11H2,1H3,(H,14,15). The molecule has 1 heterocycles. The predicted octanol–water partition coefficient (Wildman–Crippen LogP) is 2.69. The maximum absolute atomic E-state index is 11.1. The van der Waals surface area contributed by atoms with Gasteiger partial charge in [-0.05, 0) is 24.5 Å². The zero-order valence-electron chi connectivity index (χ0n) is 9.28. The molecule has 5 nitrogen and oxygen atoms in total. The molecule has 1 aromatic heterocycles. The van der Waals surface area contributed by atoms with E-state index in [2.05, 4.69) is 10.2 Å². The van der Waals surface area contributed by atoms with Crippen molar-refractivity contribution in [1.29, 1.82) is 0 Å². The highest BCUT2D eigenvalue weighted by atomic mass is 32.2. The summed E-state index contributed by atoms with van der Waals surface area (Å²) in [6.45, 7) is 0. The predicted molar refractivity (Wildman–Crippen MR) is 73.6 cm³/mol. The summed E-state index contributed by atoms with van der Waals surface area (Å²) in [4.78, 5) is 11.7. The molecule has 0 amide bonds. The SMILES string of the molecule is CSc1nnc(Sc2ccc(N)cc2C(=O)O)s1. The normalized spacial score (nSPS) is 10.5. The van der Waals surface area contributed by atoms with Crippen LogP contribution in [0.3, 0.4) is 0 Å². The Morgan fingerprint density at radius 2 is 2.11 bits per heavy atom. The number of benzene rings is 1. The minimum absolute atomic E-state index is 0.181. The van der Waals surface area contributed by atoms with E-state index in [9.17, 15) is 4.79 Å². The average molecular weight is 299 g/mol. The van der Waals surface area contributed by atoms with Crippen LogP contribution in [0, 0.1) is 0 Å². The van der Waals surface area contributed by atoms with Gasteiger partial charge in [0.25, 0.3) is 0 Å². The number of thioether (sulfide) groups is 1. The zero-order valence-corrected chi connectivity index (χ0v) is 11.7. The molecule has 0 spiro atoms. The summed E-state index contributed by atoms with van der Waals surface area (Å²) in [6, 6.07) is 4.80. The second kappa shape index (κ2) is 5.59. The molecule has 3 N–H and O–H groups in total. The molecule has 0 aliphatic carbocycles. The van der Waals surface area contributed by atoms with E-state index >= 15 is 0 Å². The van der Waals surface area contributed by atoms with Gasteiger partial charge in [0.15, 0.2) is 8.68 Å². The van der Waals surface area contributed by atoms with Gasteiger partial charge in [0.05, 0.1) is 5.56 Å². The summed E-state index contributed by atoms with van der Waals surface area (Å²) in [7, 11) is 0. The van der Waals surface area contributed by atoms with Crippen molar-refractivity contribution in [3.05, 3.63) is 23.8 Å². The van der Waals surface area contributed by atoms with Crippen LogP contribution in [0.4, 0.5) is 5.69 Å². The van der Waals surface area contributed by atoms with Gasteiger partial charge < -0.3 is 10.8 Å². The number of carboxylic acid groups (broad SMARTS) is 1. The third-order valence-electron chi connectivity index (χ3n) is 1.99. The number of hydrogen-bond acceptors (Lipinski definition) is 7. The molecule has 0 aliphatic heterocycles. The molecular weight excluding hydrogens is 290 g/mol. The lowest BCUT2D eigenvalue weighted by Crippen LogP contribution is -2.00. The number of nitrogens with zero attached hydrogens (tertiary/aromatic N) is 2. The van der Waals surface area contributed by atoms with Gasteiger partial charge in [0.2, 0.25) is 0 Å². The van der Waals surface area contributed by atoms with Gasteiger partial charge in [-0.15, -0.1) is 10.2 Å². The first-order valence-corrected chi connectivity index (χ1v) is 7.64. The molecule has 0 aliphatic rings. The van der Waals surface area contributed by atoms with Crippen molar-refractivity contribution >= 4 is 46.5 Å². The molecule has 0 atom stereocenters. The molecule has 0 unspecified atom stereocenters. The summed E-state index contributed by atoms with van der Waals surface area (Å²) >= 11 is 4.22. The van der Waals surface area contributed by atoms with Gasteiger partial charge >= 0.3 is 5.97 Å². The lowest BCUT2D eigenvalue weighted by Gasteiger charge is -2.04. The number of aromatic carboxylic acids is 1. The summed E-state index contributed by atoms with van der Waals surface area (Å²) in [5, 5.41) is 17.1. The molecule has 0 saturated heterocycles. The summed E-state index contributed by atoms with van der Waals surface area (Å²) in [5.41, 5.74) is 6.19. The van der Waals surface area contributed by atoms with Crippen molar-refractivity contribution in [3.8, 4) is 0 Å². The van der Waals surface area contributed by atoms with Gasteiger partial charge in [-0.25, -0.2) is 4.79 Å². The summed E-state index contributed by atoms with van der Waals surface area (Å²) in [6.07, 6.45) is 1.92. The van der Waals surface area contributed by atoms with Crippen LogP contribution in [0.5, 0.6) is 0 Å². The Hall–Kier alpha value is -1.25. The first-order valence-electron chi connectivity index (χ1n) is 4.78. The molecule has 1 aromatic carbocycles. The highest BCUT2D eigenvalue weighted by molar-refractivity contribution is 8.03. The Balaban J connectivity index is 2.30. The first-order chi connectivity index (χ1) is 8.60. The van der Waals surface area contributed by atoms with Gasteiger partial charge in [0, 0.05) is 10.6 Å². The first kappa shape index (κ1) is 13.2. The maximum atomic E-state index is 11.1. The van der Waals surface area contributed by atoms with Crippen LogP contribution in [0.15, 0.2) is 31.8 Å². The average Bonchev–Trinajstić information content (AvgIpc) is 2.79. The van der Waals surface area contributed by atoms with Crippen LogP contribution in [0.25, 0.3) is 0 Å². The molecule has 0 radical (unpaired) electrons. The second-order valence-electron chi connectivity index (χ2n) is 3.20. The van der Waals surface area contributed by atoms with E-state index in [-0.39, 0.29) is 5.56 Å². The lowest BCUT2D eigenvalue weighted by molar-refractivity contribution is 0.0693. The quantitative estimate of drug-likeness (QED) is 0.662. The molecule has 2 aromatic rings. The van der Waals surface area contributed by atoms with Crippen LogP contribution in [0.2, 0.25) is 0 Å². The van der Waals surface area contributed by atoms with Crippen LogP contribution in [0.1, 0.15) is 10.4 Å². The molecule has 0 bridgehead atoms. The smallest absolute Gasteiger partial charge is 0.336 e. The fourth-order valence-electron chi connectivity index (χ4n) is 1.22. The number of nitrogen functional groups attached to an aromatic ring is 1. The lowest BCUT2D eigenvalue weighted by atomic mass is 10.2. The molecular formula is C10H9N3O2S3. The van der Waals surface area contributed by atoms with E-state index < -0.39 is 5.97 Å². The van der Waals surface area contributed by atoms with Crippen LogP contribution >= 0.6 is 34.9 Å². The number of carboxylic acids is 1. The van der Waals surface area contributed by atoms with Crippen LogP contribution in [-0.4, -0.2) is 27.5 Å². The number of hydrogen-bond donors (Lipinski definition) is 2. The van der Waals surface area contributed by atoms with E-state index in [0.29, 0.717) is 14.9 Å². The van der Waals surface area contributed by atoms with Crippen LogP contribution < -0.4 is 5.73 Å². The molecule has 2 rings (SSSR count).